The number of nitrogens with zero attached hydrogens (tertiary/aromatic N) is 1. The summed E-state index contributed by atoms with van der Waals surface area (Å²) in [6.45, 7) is 1.80. The molecule has 1 fully saturated rings. The topological polar surface area (TPSA) is 54.5 Å². The lowest BCUT2D eigenvalue weighted by Gasteiger charge is -2.43. The van der Waals surface area contributed by atoms with Crippen LogP contribution >= 0.6 is 0 Å². The number of fused-ring (bicyclic) bond motifs is 2. The molecule has 2 heterocycles. The zero-order chi connectivity index (χ0) is 14.3. The Morgan fingerprint density at radius 2 is 1.90 bits per heavy atom. The Morgan fingerprint density at radius 1 is 1.20 bits per heavy atom. The standard InChI is InChI=1S/C16H17NO3/c1-2-14(18)12-8-5-9-13-15(19)10-6-3-4-7-11(10)16(20)17(12)13/h3-4,6-7,12-13H,2,5,8-9H2,1H3. The van der Waals surface area contributed by atoms with Crippen molar-refractivity contribution in [3.63, 3.8) is 0 Å². The first-order chi connectivity index (χ1) is 9.65. The number of rotatable bonds is 2. The van der Waals surface area contributed by atoms with Gasteiger partial charge in [0.05, 0.1) is 17.6 Å². The van der Waals surface area contributed by atoms with Crippen LogP contribution in [0.15, 0.2) is 24.3 Å². The first kappa shape index (κ1) is 13.0. The van der Waals surface area contributed by atoms with Crippen molar-refractivity contribution in [2.45, 2.75) is 44.7 Å². The molecule has 1 aromatic rings. The highest BCUT2D eigenvalue weighted by Gasteiger charge is 2.45. The maximum absolute atomic E-state index is 12.6. The van der Waals surface area contributed by atoms with Gasteiger partial charge in [0, 0.05) is 12.0 Å². The predicted octanol–water partition coefficient (Wildman–Crippen LogP) is 2.23. The van der Waals surface area contributed by atoms with Gasteiger partial charge < -0.3 is 4.90 Å². The minimum Gasteiger partial charge on any atom is -0.318 e. The van der Waals surface area contributed by atoms with E-state index in [-0.39, 0.29) is 17.5 Å². The number of amides is 1. The van der Waals surface area contributed by atoms with Crippen LogP contribution in [0.1, 0.15) is 53.3 Å². The summed E-state index contributed by atoms with van der Waals surface area (Å²) in [5, 5.41) is 0. The van der Waals surface area contributed by atoms with E-state index in [1.807, 2.05) is 0 Å². The third-order valence-corrected chi connectivity index (χ3v) is 4.31. The lowest BCUT2D eigenvalue weighted by atomic mass is 9.83. The SMILES string of the molecule is CCC(=O)C1CCCC2C(=O)c3ccccc3C(=O)N12. The molecule has 1 aromatic carbocycles. The molecular formula is C16H17NO3. The van der Waals surface area contributed by atoms with Crippen molar-refractivity contribution in [1.82, 2.24) is 4.90 Å². The fourth-order valence-corrected chi connectivity index (χ4v) is 3.30. The minimum atomic E-state index is -0.452. The zero-order valence-corrected chi connectivity index (χ0v) is 11.5. The second-order valence-electron chi connectivity index (χ2n) is 5.40. The number of ketones is 2. The minimum absolute atomic E-state index is 0.0196. The van der Waals surface area contributed by atoms with Gasteiger partial charge in [-0.25, -0.2) is 0 Å². The highest BCUT2D eigenvalue weighted by molar-refractivity contribution is 6.16. The molecular weight excluding hydrogens is 254 g/mol. The van der Waals surface area contributed by atoms with Crippen LogP contribution in [0.3, 0.4) is 0 Å². The molecule has 2 aliphatic heterocycles. The van der Waals surface area contributed by atoms with Crippen LogP contribution in [0.2, 0.25) is 0 Å². The van der Waals surface area contributed by atoms with Crippen LogP contribution in [-0.4, -0.2) is 34.5 Å². The molecule has 1 saturated heterocycles. The quantitative estimate of drug-likeness (QED) is 0.828. The average Bonchev–Trinajstić information content (AvgIpc) is 2.51. The van der Waals surface area contributed by atoms with E-state index < -0.39 is 12.1 Å². The van der Waals surface area contributed by atoms with Crippen LogP contribution in [-0.2, 0) is 4.79 Å². The smallest absolute Gasteiger partial charge is 0.255 e. The lowest BCUT2D eigenvalue weighted by molar-refractivity contribution is -0.124. The second kappa shape index (κ2) is 4.85. The first-order valence-electron chi connectivity index (χ1n) is 7.13. The van der Waals surface area contributed by atoms with E-state index in [1.165, 1.54) is 0 Å². The summed E-state index contributed by atoms with van der Waals surface area (Å²) in [5.41, 5.74) is 0.938. The van der Waals surface area contributed by atoms with E-state index in [4.69, 9.17) is 0 Å². The third kappa shape index (κ3) is 1.79. The summed E-state index contributed by atoms with van der Waals surface area (Å²) in [5.74, 6) is -0.138. The summed E-state index contributed by atoms with van der Waals surface area (Å²) in [7, 11) is 0. The maximum atomic E-state index is 12.6. The van der Waals surface area contributed by atoms with Gasteiger partial charge in [0.25, 0.3) is 5.91 Å². The average molecular weight is 271 g/mol. The van der Waals surface area contributed by atoms with Crippen molar-refractivity contribution in [3.8, 4) is 0 Å². The van der Waals surface area contributed by atoms with E-state index in [0.717, 1.165) is 6.42 Å². The number of benzene rings is 1. The molecule has 1 amide bonds. The van der Waals surface area contributed by atoms with Gasteiger partial charge in [-0.15, -0.1) is 0 Å². The summed E-state index contributed by atoms with van der Waals surface area (Å²) in [4.78, 5) is 38.8. The Labute approximate surface area is 117 Å². The Balaban J connectivity index is 2.07. The van der Waals surface area contributed by atoms with Crippen LogP contribution in [0.25, 0.3) is 0 Å². The Morgan fingerprint density at radius 3 is 2.60 bits per heavy atom. The molecule has 0 radical (unpaired) electrons. The monoisotopic (exact) mass is 271 g/mol. The second-order valence-corrected chi connectivity index (χ2v) is 5.40. The van der Waals surface area contributed by atoms with Crippen molar-refractivity contribution in [2.24, 2.45) is 0 Å². The van der Waals surface area contributed by atoms with Gasteiger partial charge in [0.15, 0.2) is 11.6 Å². The van der Waals surface area contributed by atoms with Crippen LogP contribution in [0, 0.1) is 0 Å². The highest BCUT2D eigenvalue weighted by atomic mass is 16.2. The van der Waals surface area contributed by atoms with Crippen molar-refractivity contribution in [3.05, 3.63) is 35.4 Å². The number of hydrogen-bond donors (Lipinski definition) is 0. The van der Waals surface area contributed by atoms with Gasteiger partial charge in [-0.2, -0.15) is 0 Å². The number of carbonyl (C=O) groups excluding carboxylic acids is 3. The third-order valence-electron chi connectivity index (χ3n) is 4.31. The van der Waals surface area contributed by atoms with Gasteiger partial charge in [-0.1, -0.05) is 25.1 Å². The summed E-state index contributed by atoms with van der Waals surface area (Å²) >= 11 is 0. The molecule has 3 rings (SSSR count). The van der Waals surface area contributed by atoms with Gasteiger partial charge in [0.1, 0.15) is 0 Å². The molecule has 2 unspecified atom stereocenters. The Hall–Kier alpha value is -1.97. The van der Waals surface area contributed by atoms with Gasteiger partial charge in [0.2, 0.25) is 0 Å². The number of carbonyl (C=O) groups is 3. The van der Waals surface area contributed by atoms with E-state index >= 15 is 0 Å². The van der Waals surface area contributed by atoms with E-state index in [1.54, 1.807) is 36.1 Å². The van der Waals surface area contributed by atoms with Crippen molar-refractivity contribution in [2.75, 3.05) is 0 Å². The van der Waals surface area contributed by atoms with Crippen LogP contribution < -0.4 is 0 Å². The van der Waals surface area contributed by atoms with E-state index in [0.29, 0.717) is 30.4 Å². The molecule has 0 spiro atoms. The number of Topliss-reactive ketones (excluding diaryl/α,β-unsaturated/α-hetero) is 2. The Kier molecular flexibility index (Phi) is 3.16. The molecule has 4 nitrogen and oxygen atoms in total. The molecule has 2 atom stereocenters. The van der Waals surface area contributed by atoms with Gasteiger partial charge in [-0.05, 0) is 25.3 Å². The van der Waals surface area contributed by atoms with E-state index in [9.17, 15) is 14.4 Å². The fourth-order valence-electron chi connectivity index (χ4n) is 3.30. The van der Waals surface area contributed by atoms with E-state index in [2.05, 4.69) is 0 Å². The van der Waals surface area contributed by atoms with Crippen LogP contribution in [0.4, 0.5) is 0 Å². The first-order valence-corrected chi connectivity index (χ1v) is 7.13. The number of hydrogen-bond acceptors (Lipinski definition) is 3. The molecule has 0 bridgehead atoms. The normalized spacial score (nSPS) is 25.1. The lowest BCUT2D eigenvalue weighted by Crippen LogP contribution is -2.58. The zero-order valence-electron chi connectivity index (χ0n) is 11.5. The molecule has 0 aromatic heterocycles. The number of piperidine rings is 1. The molecule has 0 saturated carbocycles. The van der Waals surface area contributed by atoms with Crippen molar-refractivity contribution >= 4 is 17.5 Å². The predicted molar refractivity (Wildman–Crippen MR) is 73.7 cm³/mol. The van der Waals surface area contributed by atoms with Crippen molar-refractivity contribution < 1.29 is 14.4 Å². The Bertz CT molecular complexity index is 593. The molecule has 104 valence electrons. The summed E-state index contributed by atoms with van der Waals surface area (Å²) in [6, 6.07) is 6.03. The molecule has 20 heavy (non-hydrogen) atoms. The fraction of sp³-hybridized carbons (Fsp3) is 0.438. The van der Waals surface area contributed by atoms with Gasteiger partial charge >= 0.3 is 0 Å². The summed E-state index contributed by atoms with van der Waals surface area (Å²) in [6.07, 6.45) is 2.55. The molecule has 2 aliphatic rings. The van der Waals surface area contributed by atoms with Crippen molar-refractivity contribution in [1.29, 1.82) is 0 Å². The molecule has 0 aliphatic carbocycles. The summed E-state index contributed by atoms with van der Waals surface area (Å²) < 4.78 is 0. The molecule has 4 heteroatoms. The van der Waals surface area contributed by atoms with Crippen LogP contribution in [0.5, 0.6) is 0 Å². The van der Waals surface area contributed by atoms with Gasteiger partial charge in [-0.3, -0.25) is 14.4 Å². The highest BCUT2D eigenvalue weighted by Crippen LogP contribution is 2.33. The maximum Gasteiger partial charge on any atom is 0.255 e. The molecule has 0 N–H and O–H groups in total. The largest absolute Gasteiger partial charge is 0.318 e.